The zero-order valence-electron chi connectivity index (χ0n) is 12.1. The molecule has 0 spiro atoms. The van der Waals surface area contributed by atoms with Crippen LogP contribution < -0.4 is 0 Å². The van der Waals surface area contributed by atoms with E-state index < -0.39 is 0 Å². The molecule has 5 nitrogen and oxygen atoms in total. The molecule has 1 saturated carbocycles. The Kier molecular flexibility index (Phi) is 5.32. The molecule has 0 unspecified atom stereocenters. The van der Waals surface area contributed by atoms with E-state index in [-0.39, 0.29) is 18.6 Å². The lowest BCUT2D eigenvalue weighted by molar-refractivity contribution is 0.0264. The maximum Gasteiger partial charge on any atom is 0.272 e. The van der Waals surface area contributed by atoms with Crippen LogP contribution in [0.3, 0.4) is 0 Å². The lowest BCUT2D eigenvalue weighted by Gasteiger charge is -2.34. The number of nitrogens with zero attached hydrogens (tertiary/aromatic N) is 2. The lowest BCUT2D eigenvalue weighted by Crippen LogP contribution is -2.39. The van der Waals surface area contributed by atoms with Gasteiger partial charge < -0.3 is 15.1 Å². The van der Waals surface area contributed by atoms with Gasteiger partial charge in [0.15, 0.2) is 0 Å². The monoisotopic (exact) mass is 288 g/mol. The highest BCUT2D eigenvalue weighted by molar-refractivity contribution is 5.92. The molecule has 1 aliphatic carbocycles. The van der Waals surface area contributed by atoms with E-state index in [9.17, 15) is 9.90 Å². The fourth-order valence-corrected chi connectivity index (χ4v) is 2.33. The van der Waals surface area contributed by atoms with Crippen molar-refractivity contribution >= 4 is 5.91 Å². The Bertz CT molecular complexity index is 539. The Labute approximate surface area is 124 Å². The molecular formula is C16H20N2O3. The molecular weight excluding hydrogens is 268 g/mol. The summed E-state index contributed by atoms with van der Waals surface area (Å²) in [5, 5.41) is 17.9. The van der Waals surface area contributed by atoms with Crippen molar-refractivity contribution < 1.29 is 15.0 Å². The van der Waals surface area contributed by atoms with Gasteiger partial charge in [0, 0.05) is 31.8 Å². The molecule has 1 aromatic rings. The van der Waals surface area contributed by atoms with Gasteiger partial charge in [0.1, 0.15) is 5.69 Å². The van der Waals surface area contributed by atoms with Gasteiger partial charge in [-0.3, -0.25) is 4.79 Å². The second-order valence-electron chi connectivity index (χ2n) is 5.38. The predicted molar refractivity (Wildman–Crippen MR) is 78.5 cm³/mol. The molecule has 0 radical (unpaired) electrons. The molecule has 112 valence electrons. The maximum atomic E-state index is 12.2. The van der Waals surface area contributed by atoms with Gasteiger partial charge in [-0.25, -0.2) is 4.98 Å². The van der Waals surface area contributed by atoms with Gasteiger partial charge >= 0.3 is 0 Å². The number of rotatable bonds is 4. The summed E-state index contributed by atoms with van der Waals surface area (Å²) in [6.07, 6.45) is 3.33. The van der Waals surface area contributed by atoms with E-state index in [1.165, 1.54) is 0 Å². The molecule has 1 aliphatic rings. The minimum atomic E-state index is -0.201. The lowest BCUT2D eigenvalue weighted by atomic mass is 9.82. The highest BCUT2D eigenvalue weighted by atomic mass is 16.3. The molecule has 5 heteroatoms. The third kappa shape index (κ3) is 4.28. The van der Waals surface area contributed by atoms with Crippen molar-refractivity contribution in [1.29, 1.82) is 0 Å². The highest BCUT2D eigenvalue weighted by Gasteiger charge is 2.29. The number of hydrogen-bond acceptors (Lipinski definition) is 4. The summed E-state index contributed by atoms with van der Waals surface area (Å²) < 4.78 is 0. The van der Waals surface area contributed by atoms with Crippen LogP contribution in [0.5, 0.6) is 0 Å². The summed E-state index contributed by atoms with van der Waals surface area (Å²) in [6.45, 7) is 0.688. The van der Waals surface area contributed by atoms with Crippen LogP contribution in [0.15, 0.2) is 18.3 Å². The molecule has 2 N–H and O–H groups in total. The Morgan fingerprint density at radius 1 is 1.48 bits per heavy atom. The summed E-state index contributed by atoms with van der Waals surface area (Å²) in [4.78, 5) is 18.0. The van der Waals surface area contributed by atoms with Crippen LogP contribution in [0, 0.1) is 17.8 Å². The fourth-order valence-electron chi connectivity index (χ4n) is 2.33. The zero-order valence-corrected chi connectivity index (χ0v) is 12.1. The molecule has 0 aromatic carbocycles. The average Bonchev–Trinajstić information content (AvgIpc) is 2.46. The van der Waals surface area contributed by atoms with Gasteiger partial charge in [-0.2, -0.15) is 0 Å². The molecule has 1 amide bonds. The Balaban J connectivity index is 1.91. The first kappa shape index (κ1) is 15.5. The number of carbonyl (C=O) groups excluding carboxylic acids is 1. The van der Waals surface area contributed by atoms with E-state index in [1.54, 1.807) is 30.3 Å². The van der Waals surface area contributed by atoms with Crippen molar-refractivity contribution in [2.45, 2.75) is 25.4 Å². The second-order valence-corrected chi connectivity index (χ2v) is 5.38. The first-order valence-electron chi connectivity index (χ1n) is 7.09. The number of hydrogen-bond donors (Lipinski definition) is 2. The summed E-state index contributed by atoms with van der Waals surface area (Å²) in [7, 11) is 1.75. The summed E-state index contributed by atoms with van der Waals surface area (Å²) >= 11 is 0. The number of aliphatic hydroxyl groups excluding tert-OH is 2. The summed E-state index contributed by atoms with van der Waals surface area (Å²) in [6, 6.07) is 3.42. The smallest absolute Gasteiger partial charge is 0.272 e. The highest BCUT2D eigenvalue weighted by Crippen LogP contribution is 2.27. The average molecular weight is 288 g/mol. The van der Waals surface area contributed by atoms with Crippen molar-refractivity contribution in [2.75, 3.05) is 20.2 Å². The zero-order chi connectivity index (χ0) is 15.2. The topological polar surface area (TPSA) is 73.7 Å². The van der Waals surface area contributed by atoms with Gasteiger partial charge in [0.2, 0.25) is 0 Å². The minimum absolute atomic E-state index is 0.0393. The molecule has 1 heterocycles. The van der Waals surface area contributed by atoms with Crippen molar-refractivity contribution in [3.05, 3.63) is 29.6 Å². The molecule has 0 aliphatic heterocycles. The largest absolute Gasteiger partial charge is 0.395 e. The van der Waals surface area contributed by atoms with Gasteiger partial charge in [-0.15, -0.1) is 0 Å². The fraction of sp³-hybridized carbons (Fsp3) is 0.500. The van der Waals surface area contributed by atoms with Crippen LogP contribution in [-0.2, 0) is 0 Å². The number of amides is 1. The first-order chi connectivity index (χ1) is 10.1. The molecule has 0 saturated heterocycles. The third-order valence-corrected chi connectivity index (χ3v) is 3.54. The van der Waals surface area contributed by atoms with Crippen LogP contribution in [0.2, 0.25) is 0 Å². The number of carbonyl (C=O) groups is 1. The second kappa shape index (κ2) is 7.21. The normalized spacial score (nSPS) is 20.1. The summed E-state index contributed by atoms with van der Waals surface area (Å²) in [5.41, 5.74) is 1.12. The maximum absolute atomic E-state index is 12.2. The van der Waals surface area contributed by atoms with E-state index in [4.69, 9.17) is 5.11 Å². The van der Waals surface area contributed by atoms with Crippen LogP contribution >= 0.6 is 0 Å². The molecule has 2 rings (SSSR count). The number of aliphatic hydroxyl groups is 2. The van der Waals surface area contributed by atoms with Gasteiger partial charge in [-0.05, 0) is 30.9 Å². The first-order valence-corrected chi connectivity index (χ1v) is 7.09. The van der Waals surface area contributed by atoms with E-state index in [0.717, 1.165) is 18.4 Å². The molecule has 0 atom stereocenters. The van der Waals surface area contributed by atoms with E-state index in [1.807, 2.05) is 0 Å². The third-order valence-electron chi connectivity index (χ3n) is 3.54. The quantitative estimate of drug-likeness (QED) is 0.798. The predicted octanol–water partition coefficient (Wildman–Crippen LogP) is 0.658. The van der Waals surface area contributed by atoms with Crippen LogP contribution in [0.4, 0.5) is 0 Å². The Hall–Kier alpha value is -1.90. The van der Waals surface area contributed by atoms with Crippen molar-refractivity contribution in [3.8, 4) is 11.8 Å². The Morgan fingerprint density at radius 2 is 2.24 bits per heavy atom. The van der Waals surface area contributed by atoms with E-state index >= 15 is 0 Å². The number of aromatic nitrogens is 1. The minimum Gasteiger partial charge on any atom is -0.395 e. The van der Waals surface area contributed by atoms with E-state index in [2.05, 4.69) is 16.8 Å². The SMILES string of the molecule is CN(CC1CC(O)C1)C(=O)c1ccc(C#CCCO)cn1. The molecule has 1 aromatic heterocycles. The molecule has 1 fully saturated rings. The van der Waals surface area contributed by atoms with Crippen LogP contribution in [0.1, 0.15) is 35.3 Å². The number of pyridine rings is 1. The van der Waals surface area contributed by atoms with E-state index in [0.29, 0.717) is 24.6 Å². The van der Waals surface area contributed by atoms with Crippen molar-refractivity contribution in [2.24, 2.45) is 5.92 Å². The van der Waals surface area contributed by atoms with Gasteiger partial charge in [0.25, 0.3) is 5.91 Å². The molecule has 21 heavy (non-hydrogen) atoms. The van der Waals surface area contributed by atoms with Crippen molar-refractivity contribution in [3.63, 3.8) is 0 Å². The Morgan fingerprint density at radius 3 is 2.81 bits per heavy atom. The van der Waals surface area contributed by atoms with Crippen LogP contribution in [-0.4, -0.2) is 52.3 Å². The van der Waals surface area contributed by atoms with Gasteiger partial charge in [0.05, 0.1) is 12.7 Å². The van der Waals surface area contributed by atoms with Crippen molar-refractivity contribution in [1.82, 2.24) is 9.88 Å². The summed E-state index contributed by atoms with van der Waals surface area (Å²) in [5.74, 6) is 5.95. The van der Waals surface area contributed by atoms with Gasteiger partial charge in [-0.1, -0.05) is 11.8 Å². The van der Waals surface area contributed by atoms with Crippen LogP contribution in [0.25, 0.3) is 0 Å². The molecule has 0 bridgehead atoms. The standard InChI is InChI=1S/C16H20N2O3/c1-18(11-13-8-14(20)9-13)16(21)15-6-5-12(10-17-15)4-2-3-7-19/h5-6,10,13-14,19-20H,3,7-9,11H2,1H3.